The van der Waals surface area contributed by atoms with E-state index in [4.69, 9.17) is 14.0 Å². The fourth-order valence-corrected chi connectivity index (χ4v) is 2.67. The van der Waals surface area contributed by atoms with Gasteiger partial charge in [-0.15, -0.1) is 0 Å². The van der Waals surface area contributed by atoms with Crippen molar-refractivity contribution in [1.29, 1.82) is 0 Å². The Kier molecular flexibility index (Phi) is 9.00. The quantitative estimate of drug-likeness (QED) is 0.566. The first-order valence-corrected chi connectivity index (χ1v) is 9.13. The number of rotatable bonds is 6. The van der Waals surface area contributed by atoms with Gasteiger partial charge in [0, 0.05) is 31.0 Å². The molecule has 2 aromatic rings. The maximum atomic E-state index is 13.9. The highest BCUT2D eigenvalue weighted by Crippen LogP contribution is 2.26. The van der Waals surface area contributed by atoms with Gasteiger partial charge in [-0.2, -0.15) is 0 Å². The van der Waals surface area contributed by atoms with Gasteiger partial charge in [0.1, 0.15) is 11.5 Å². The summed E-state index contributed by atoms with van der Waals surface area (Å²) in [5, 5.41) is 7.06. The molecule has 0 unspecified atom stereocenters. The molecular weight excluding hydrogens is 377 g/mol. The maximum absolute atomic E-state index is 13.9. The summed E-state index contributed by atoms with van der Waals surface area (Å²) in [5.41, 5.74) is 5.58. The molecule has 0 spiro atoms. The summed E-state index contributed by atoms with van der Waals surface area (Å²) in [4.78, 5) is 8.39. The summed E-state index contributed by atoms with van der Waals surface area (Å²) in [5.74, 6) is 0.682. The van der Waals surface area contributed by atoms with Crippen molar-refractivity contribution in [3.8, 4) is 17.0 Å². The topological polar surface area (TPSA) is 107 Å². The number of nitrogens with one attached hydrogen (secondary N) is 1. The molecule has 0 saturated carbocycles. The molecule has 0 radical (unpaired) electrons. The van der Waals surface area contributed by atoms with Gasteiger partial charge in [0.15, 0.2) is 11.6 Å². The number of hydrogen-bond donors (Lipinski definition) is 2. The fraction of sp³-hybridized carbons (Fsp3) is 0.350. The minimum atomic E-state index is -0.464. The molecule has 1 aliphatic heterocycles. The zero-order valence-electron chi connectivity index (χ0n) is 16.6. The largest absolute Gasteiger partial charge is 0.494 e. The molecule has 8 nitrogen and oxygen atoms in total. The lowest BCUT2D eigenvalue weighted by molar-refractivity contribution is 0.0871. The van der Waals surface area contributed by atoms with Crippen LogP contribution in [0.2, 0.25) is 0 Å². The van der Waals surface area contributed by atoms with E-state index in [1.807, 2.05) is 0 Å². The van der Waals surface area contributed by atoms with Crippen LogP contribution in [0.5, 0.6) is 5.75 Å². The Bertz CT molecular complexity index is 844. The first-order chi connectivity index (χ1) is 14.2. The SMILES string of the molecule is C=N/C=C\C(=NC1CCOCC1)Nc1cc(-c2ccc(OC)c(F)c2)no1.CN. The van der Waals surface area contributed by atoms with Gasteiger partial charge < -0.3 is 25.0 Å². The number of hydrogen-bond acceptors (Lipinski definition) is 7. The molecule has 9 heteroatoms. The van der Waals surface area contributed by atoms with Gasteiger partial charge in [-0.05, 0) is 50.9 Å². The number of benzene rings is 1. The maximum Gasteiger partial charge on any atom is 0.230 e. The van der Waals surface area contributed by atoms with Crippen LogP contribution in [-0.2, 0) is 4.74 Å². The fourth-order valence-electron chi connectivity index (χ4n) is 2.67. The van der Waals surface area contributed by atoms with E-state index in [1.165, 1.54) is 20.2 Å². The van der Waals surface area contributed by atoms with Crippen LogP contribution in [0.4, 0.5) is 10.3 Å². The van der Waals surface area contributed by atoms with E-state index in [9.17, 15) is 4.39 Å². The number of anilines is 1. The lowest BCUT2D eigenvalue weighted by Crippen LogP contribution is -2.22. The number of halogens is 1. The standard InChI is InChI=1S/C19H21FN4O3.CH5N/c1-21-8-5-18(22-14-6-9-26-10-7-14)23-19-12-16(24-27-19)13-3-4-17(25-2)15(20)11-13;1-2/h3-5,8,11-12,14H,1,6-7,9-10H2,2H3,(H,22,23);2H2,1H3/b8-5-;. The third-order valence-corrected chi connectivity index (χ3v) is 4.06. The molecule has 2 heterocycles. The monoisotopic (exact) mass is 403 g/mol. The minimum Gasteiger partial charge on any atom is -0.494 e. The molecule has 1 saturated heterocycles. The van der Waals surface area contributed by atoms with Gasteiger partial charge in [-0.3, -0.25) is 9.98 Å². The zero-order valence-corrected chi connectivity index (χ0v) is 16.6. The molecule has 0 bridgehead atoms. The van der Waals surface area contributed by atoms with Gasteiger partial charge in [-0.1, -0.05) is 5.16 Å². The molecule has 156 valence electrons. The molecule has 0 aliphatic carbocycles. The van der Waals surface area contributed by atoms with E-state index in [2.05, 4.69) is 32.9 Å². The Balaban J connectivity index is 0.00000145. The molecule has 1 aromatic carbocycles. The van der Waals surface area contributed by atoms with Crippen LogP contribution >= 0.6 is 0 Å². The number of aromatic nitrogens is 1. The third-order valence-electron chi connectivity index (χ3n) is 4.06. The van der Waals surface area contributed by atoms with E-state index in [-0.39, 0.29) is 11.8 Å². The Morgan fingerprint density at radius 3 is 2.76 bits per heavy atom. The van der Waals surface area contributed by atoms with Crippen molar-refractivity contribution in [2.75, 3.05) is 32.7 Å². The number of aliphatic imine (C=N–C) groups is 2. The minimum absolute atomic E-state index is 0.161. The van der Waals surface area contributed by atoms with Gasteiger partial charge in [0.05, 0.1) is 13.2 Å². The molecule has 1 aliphatic rings. The highest BCUT2D eigenvalue weighted by atomic mass is 19.1. The van der Waals surface area contributed by atoms with Crippen molar-refractivity contribution in [3.63, 3.8) is 0 Å². The van der Waals surface area contributed by atoms with Crippen LogP contribution in [0.3, 0.4) is 0 Å². The van der Waals surface area contributed by atoms with Crippen molar-refractivity contribution in [2.24, 2.45) is 15.7 Å². The van der Waals surface area contributed by atoms with Gasteiger partial charge in [0.2, 0.25) is 5.88 Å². The van der Waals surface area contributed by atoms with Crippen LogP contribution < -0.4 is 15.8 Å². The number of amidine groups is 1. The van der Waals surface area contributed by atoms with E-state index < -0.39 is 5.82 Å². The zero-order chi connectivity index (χ0) is 21.1. The van der Waals surface area contributed by atoms with E-state index in [0.29, 0.717) is 36.2 Å². The summed E-state index contributed by atoms with van der Waals surface area (Å²) in [6.45, 7) is 4.82. The molecule has 3 rings (SSSR count). The Morgan fingerprint density at radius 1 is 1.34 bits per heavy atom. The van der Waals surface area contributed by atoms with Crippen LogP contribution in [0.1, 0.15) is 12.8 Å². The van der Waals surface area contributed by atoms with Crippen LogP contribution in [-0.4, -0.2) is 51.1 Å². The second-order valence-electron chi connectivity index (χ2n) is 5.91. The molecule has 1 fully saturated rings. The number of nitrogens with zero attached hydrogens (tertiary/aromatic N) is 3. The van der Waals surface area contributed by atoms with Crippen molar-refractivity contribution in [2.45, 2.75) is 18.9 Å². The van der Waals surface area contributed by atoms with E-state index >= 15 is 0 Å². The lowest BCUT2D eigenvalue weighted by atomic mass is 10.1. The van der Waals surface area contributed by atoms with Crippen LogP contribution in [0.15, 0.2) is 51.0 Å². The first-order valence-electron chi connectivity index (χ1n) is 9.13. The Hall–Kier alpha value is -3.04. The highest BCUT2D eigenvalue weighted by Gasteiger charge is 2.14. The average molecular weight is 403 g/mol. The van der Waals surface area contributed by atoms with Gasteiger partial charge >= 0.3 is 0 Å². The third kappa shape index (κ3) is 6.51. The smallest absolute Gasteiger partial charge is 0.230 e. The van der Waals surface area contributed by atoms with Crippen LogP contribution in [0.25, 0.3) is 11.3 Å². The first kappa shape index (κ1) is 22.3. The summed E-state index contributed by atoms with van der Waals surface area (Å²) in [7, 11) is 2.92. The molecular formula is C20H26FN5O3. The predicted molar refractivity (Wildman–Crippen MR) is 112 cm³/mol. The molecule has 0 atom stereocenters. The Morgan fingerprint density at radius 2 is 2.10 bits per heavy atom. The average Bonchev–Trinajstić information content (AvgIpc) is 3.22. The molecule has 0 amide bonds. The van der Waals surface area contributed by atoms with E-state index in [0.717, 1.165) is 12.8 Å². The number of ether oxygens (including phenoxy) is 2. The number of methoxy groups -OCH3 is 1. The van der Waals surface area contributed by atoms with Crippen LogP contribution in [0, 0.1) is 5.82 Å². The van der Waals surface area contributed by atoms with Crippen molar-refractivity contribution in [3.05, 3.63) is 42.4 Å². The summed E-state index contributed by atoms with van der Waals surface area (Å²) >= 11 is 0. The normalized spacial score (nSPS) is 15.0. The predicted octanol–water partition coefficient (Wildman–Crippen LogP) is 3.27. The van der Waals surface area contributed by atoms with Gasteiger partial charge in [0.25, 0.3) is 0 Å². The second kappa shape index (κ2) is 11.7. The van der Waals surface area contributed by atoms with Crippen molar-refractivity contribution >= 4 is 18.4 Å². The van der Waals surface area contributed by atoms with Crippen molar-refractivity contribution in [1.82, 2.24) is 5.16 Å². The Labute approximate surface area is 169 Å². The van der Waals surface area contributed by atoms with Gasteiger partial charge in [-0.25, -0.2) is 4.39 Å². The highest BCUT2D eigenvalue weighted by molar-refractivity contribution is 6.03. The van der Waals surface area contributed by atoms with Crippen molar-refractivity contribution < 1.29 is 18.4 Å². The molecule has 1 aromatic heterocycles. The number of nitrogens with two attached hydrogens (primary N) is 1. The molecule has 3 N–H and O–H groups in total. The van der Waals surface area contributed by atoms with E-state index in [1.54, 1.807) is 30.5 Å². The summed E-state index contributed by atoms with van der Waals surface area (Å²) in [6, 6.07) is 6.44. The summed E-state index contributed by atoms with van der Waals surface area (Å²) in [6.07, 6.45) is 4.96. The lowest BCUT2D eigenvalue weighted by Gasteiger charge is -2.19. The summed E-state index contributed by atoms with van der Waals surface area (Å²) < 4.78 is 29.5. The second-order valence-corrected chi connectivity index (χ2v) is 5.91. The molecule has 29 heavy (non-hydrogen) atoms.